The fraction of sp³-hybridized carbons (Fsp3) is 0.118. The Balaban J connectivity index is 0.00000220. The Morgan fingerprint density at radius 1 is 1.05 bits per heavy atom. The van der Waals surface area contributed by atoms with Gasteiger partial charge in [-0.25, -0.2) is 0 Å². The van der Waals surface area contributed by atoms with E-state index in [2.05, 4.69) is 0 Å². The van der Waals surface area contributed by atoms with Crippen molar-refractivity contribution in [1.82, 2.24) is 0 Å². The highest BCUT2D eigenvalue weighted by Crippen LogP contribution is 2.24. The number of hydrogen-bond donors (Lipinski definition) is 2. The van der Waals surface area contributed by atoms with E-state index in [1.54, 1.807) is 30.3 Å². The van der Waals surface area contributed by atoms with Gasteiger partial charge in [-0.3, -0.25) is 4.79 Å². The van der Waals surface area contributed by atoms with Crippen LogP contribution in [0.3, 0.4) is 0 Å². The maximum absolute atomic E-state index is 12.1. The van der Waals surface area contributed by atoms with E-state index in [0.717, 1.165) is 5.56 Å². The topological polar surface area (TPSA) is 66.8 Å². The van der Waals surface area contributed by atoms with Gasteiger partial charge in [0.1, 0.15) is 17.2 Å². The largest absolute Gasteiger partial charge is 0.508 e. The van der Waals surface area contributed by atoms with Crippen molar-refractivity contribution in [3.8, 4) is 17.2 Å². The Kier molecular flexibility index (Phi) is 5.55. The molecule has 0 unspecified atom stereocenters. The van der Waals surface area contributed by atoms with Crippen molar-refractivity contribution in [2.45, 2.75) is 7.43 Å². The summed E-state index contributed by atoms with van der Waals surface area (Å²) in [7, 11) is 1.44. The van der Waals surface area contributed by atoms with Gasteiger partial charge in [-0.15, -0.1) is 0 Å². The number of benzene rings is 2. The summed E-state index contributed by atoms with van der Waals surface area (Å²) < 4.78 is 5.07. The van der Waals surface area contributed by atoms with Gasteiger partial charge in [0, 0.05) is 6.07 Å². The zero-order valence-electron chi connectivity index (χ0n) is 10.9. The summed E-state index contributed by atoms with van der Waals surface area (Å²) in [6.07, 6.45) is 3.06. The van der Waals surface area contributed by atoms with Crippen molar-refractivity contribution < 1.29 is 19.7 Å². The molecule has 0 radical (unpaired) electrons. The van der Waals surface area contributed by atoms with Crippen molar-refractivity contribution in [3.63, 3.8) is 0 Å². The molecular formula is C17H18O4. The number of ketones is 1. The minimum Gasteiger partial charge on any atom is -0.508 e. The summed E-state index contributed by atoms with van der Waals surface area (Å²) in [6.45, 7) is 0. The van der Waals surface area contributed by atoms with Crippen LogP contribution in [0, 0.1) is 0 Å². The standard InChI is InChI=1S/C16H14O4.CH4/c1-20-16-10-13(18)7-8-14(16)15(19)9-4-11-2-5-12(17)6-3-11;/h2-10,17-18H,1H3;1H4/b9-4+;. The first-order valence-corrected chi connectivity index (χ1v) is 5.98. The molecule has 2 N–H and O–H groups in total. The fourth-order valence-electron chi connectivity index (χ4n) is 1.73. The van der Waals surface area contributed by atoms with Gasteiger partial charge in [0.05, 0.1) is 12.7 Å². The zero-order valence-corrected chi connectivity index (χ0v) is 10.9. The molecule has 0 amide bonds. The van der Waals surface area contributed by atoms with E-state index in [0.29, 0.717) is 11.3 Å². The van der Waals surface area contributed by atoms with Crippen LogP contribution in [0.15, 0.2) is 48.5 Å². The van der Waals surface area contributed by atoms with E-state index in [-0.39, 0.29) is 24.7 Å². The molecule has 0 aliphatic carbocycles. The Bertz CT molecular complexity index is 642. The quantitative estimate of drug-likeness (QED) is 0.665. The van der Waals surface area contributed by atoms with Gasteiger partial charge in [0.25, 0.3) is 0 Å². The molecule has 2 rings (SSSR count). The molecule has 4 heteroatoms. The number of aromatic hydroxyl groups is 2. The van der Waals surface area contributed by atoms with Gasteiger partial charge < -0.3 is 14.9 Å². The molecule has 0 fully saturated rings. The highest BCUT2D eigenvalue weighted by molar-refractivity contribution is 6.08. The van der Waals surface area contributed by atoms with Gasteiger partial charge in [0.15, 0.2) is 5.78 Å². The second-order valence-electron chi connectivity index (χ2n) is 4.17. The molecule has 21 heavy (non-hydrogen) atoms. The van der Waals surface area contributed by atoms with Crippen LogP contribution in [-0.2, 0) is 0 Å². The van der Waals surface area contributed by atoms with Crippen molar-refractivity contribution in [3.05, 3.63) is 59.7 Å². The number of phenolic OH excluding ortho intramolecular Hbond substituents is 2. The molecule has 0 atom stereocenters. The normalized spacial score (nSPS) is 10.1. The predicted octanol–water partition coefficient (Wildman–Crippen LogP) is 3.64. The van der Waals surface area contributed by atoms with E-state index >= 15 is 0 Å². The van der Waals surface area contributed by atoms with Crippen molar-refractivity contribution in [1.29, 1.82) is 0 Å². The number of phenols is 2. The van der Waals surface area contributed by atoms with Gasteiger partial charge in [0.2, 0.25) is 0 Å². The van der Waals surface area contributed by atoms with Gasteiger partial charge >= 0.3 is 0 Å². The molecule has 110 valence electrons. The summed E-state index contributed by atoms with van der Waals surface area (Å²) in [5.74, 6) is 0.315. The van der Waals surface area contributed by atoms with Crippen LogP contribution < -0.4 is 4.74 Å². The first kappa shape index (κ1) is 16.3. The van der Waals surface area contributed by atoms with Crippen LogP contribution in [-0.4, -0.2) is 23.1 Å². The lowest BCUT2D eigenvalue weighted by Gasteiger charge is -2.05. The van der Waals surface area contributed by atoms with Gasteiger partial charge in [-0.1, -0.05) is 25.6 Å². The molecule has 0 aliphatic rings. The average molecular weight is 286 g/mol. The predicted molar refractivity (Wildman–Crippen MR) is 82.9 cm³/mol. The molecule has 4 nitrogen and oxygen atoms in total. The van der Waals surface area contributed by atoms with E-state index in [1.165, 1.54) is 31.4 Å². The van der Waals surface area contributed by atoms with Crippen molar-refractivity contribution >= 4 is 11.9 Å². The fourth-order valence-corrected chi connectivity index (χ4v) is 1.73. The van der Waals surface area contributed by atoms with E-state index in [9.17, 15) is 15.0 Å². The first-order valence-electron chi connectivity index (χ1n) is 5.98. The third-order valence-corrected chi connectivity index (χ3v) is 2.77. The average Bonchev–Trinajstić information content (AvgIpc) is 2.46. The first-order chi connectivity index (χ1) is 9.60. The Hall–Kier alpha value is -2.75. The smallest absolute Gasteiger partial charge is 0.189 e. The van der Waals surface area contributed by atoms with Gasteiger partial charge in [-0.2, -0.15) is 0 Å². The minimum atomic E-state index is -0.227. The minimum absolute atomic E-state index is 0. The number of carbonyl (C=O) groups is 1. The van der Waals surface area contributed by atoms with Crippen LogP contribution in [0.4, 0.5) is 0 Å². The second kappa shape index (κ2) is 7.14. The summed E-state index contributed by atoms with van der Waals surface area (Å²) in [5.41, 5.74) is 1.18. The molecule has 0 aliphatic heterocycles. The summed E-state index contributed by atoms with van der Waals surface area (Å²) in [5, 5.41) is 18.5. The molecule has 0 saturated carbocycles. The van der Waals surface area contributed by atoms with E-state index in [1.807, 2.05) is 0 Å². The number of rotatable bonds is 4. The van der Waals surface area contributed by atoms with E-state index < -0.39 is 0 Å². The highest BCUT2D eigenvalue weighted by atomic mass is 16.5. The Morgan fingerprint density at radius 2 is 1.67 bits per heavy atom. The summed E-state index contributed by atoms with van der Waals surface area (Å²) in [6, 6.07) is 10.8. The molecule has 0 aromatic heterocycles. The van der Waals surface area contributed by atoms with Crippen LogP contribution in [0.1, 0.15) is 23.3 Å². The maximum atomic E-state index is 12.1. The maximum Gasteiger partial charge on any atom is 0.189 e. The molecule has 2 aromatic rings. The molecule has 0 bridgehead atoms. The molecular weight excluding hydrogens is 268 g/mol. The Labute approximate surface area is 123 Å². The SMILES string of the molecule is C.COc1cc(O)ccc1C(=O)/C=C/c1ccc(O)cc1. The van der Waals surface area contributed by atoms with Crippen molar-refractivity contribution in [2.24, 2.45) is 0 Å². The molecule has 2 aromatic carbocycles. The van der Waals surface area contributed by atoms with Crippen LogP contribution in [0.25, 0.3) is 6.08 Å². The number of allylic oxidation sites excluding steroid dienone is 1. The number of ether oxygens (including phenoxy) is 1. The second-order valence-corrected chi connectivity index (χ2v) is 4.17. The lowest BCUT2D eigenvalue weighted by Crippen LogP contribution is -1.98. The number of carbonyl (C=O) groups excluding carboxylic acids is 1. The lowest BCUT2D eigenvalue weighted by atomic mass is 10.1. The summed E-state index contributed by atoms with van der Waals surface area (Å²) in [4.78, 5) is 12.1. The van der Waals surface area contributed by atoms with Crippen LogP contribution in [0.2, 0.25) is 0 Å². The summed E-state index contributed by atoms with van der Waals surface area (Å²) >= 11 is 0. The van der Waals surface area contributed by atoms with Crippen molar-refractivity contribution in [2.75, 3.05) is 7.11 Å². The number of hydrogen-bond acceptors (Lipinski definition) is 4. The van der Waals surface area contributed by atoms with Gasteiger partial charge in [-0.05, 0) is 35.9 Å². The molecule has 0 saturated heterocycles. The van der Waals surface area contributed by atoms with Crippen LogP contribution >= 0.6 is 0 Å². The number of methoxy groups -OCH3 is 1. The van der Waals surface area contributed by atoms with E-state index in [4.69, 9.17) is 4.74 Å². The highest BCUT2D eigenvalue weighted by Gasteiger charge is 2.10. The third-order valence-electron chi connectivity index (χ3n) is 2.77. The third kappa shape index (κ3) is 4.11. The molecule has 0 spiro atoms. The van der Waals surface area contributed by atoms with Crippen LogP contribution in [0.5, 0.6) is 17.2 Å². The zero-order chi connectivity index (χ0) is 14.5. The monoisotopic (exact) mass is 286 g/mol. The molecule has 0 heterocycles. The Morgan fingerprint density at radius 3 is 2.29 bits per heavy atom. The lowest BCUT2D eigenvalue weighted by molar-refractivity contribution is 0.104.